The molecule has 0 saturated heterocycles. The van der Waals surface area contributed by atoms with E-state index in [0.29, 0.717) is 29.1 Å². The maximum atomic E-state index is 13.8. The first-order valence-electron chi connectivity index (χ1n) is 46.6. The number of hydrogen-bond donors (Lipinski definition) is 0. The minimum absolute atomic E-state index is 0.262. The molecule has 28 rings (SSSR count). The summed E-state index contributed by atoms with van der Waals surface area (Å²) in [5.41, 5.74) is 19.7. The van der Waals surface area contributed by atoms with Crippen molar-refractivity contribution >= 4 is 162 Å². The molecule has 0 unspecified atom stereocenters. The van der Waals surface area contributed by atoms with E-state index in [9.17, 15) is 4.39 Å². The van der Waals surface area contributed by atoms with E-state index in [1.54, 1.807) is 6.07 Å². The van der Waals surface area contributed by atoms with Crippen LogP contribution in [0.25, 0.3) is 275 Å². The first-order valence-corrected chi connectivity index (χ1v) is 46.6. The van der Waals surface area contributed by atoms with Gasteiger partial charge in [0, 0.05) is 74.1 Å². The highest BCUT2D eigenvalue weighted by atomic mass is 19.1. The zero-order chi connectivity index (χ0) is 92.0. The van der Waals surface area contributed by atoms with Crippen molar-refractivity contribution in [3.05, 3.63) is 474 Å². The molecular formula is C128H77FN10. The van der Waals surface area contributed by atoms with Crippen LogP contribution >= 0.6 is 0 Å². The smallest absolute Gasteiger partial charge is 0.164 e. The van der Waals surface area contributed by atoms with Crippen LogP contribution in [0, 0.1) is 5.82 Å². The Morgan fingerprint density at radius 2 is 0.417 bits per heavy atom. The van der Waals surface area contributed by atoms with Crippen molar-refractivity contribution in [2.75, 3.05) is 0 Å². The first kappa shape index (κ1) is 81.1. The third kappa shape index (κ3) is 14.7. The normalized spacial score (nSPS) is 11.6. The lowest BCUT2D eigenvalue weighted by Crippen LogP contribution is -2.00. The molecule has 10 nitrogen and oxygen atoms in total. The molecule has 139 heavy (non-hydrogen) atoms. The second-order valence-corrected chi connectivity index (χ2v) is 35.4. The van der Waals surface area contributed by atoms with Crippen molar-refractivity contribution in [3.63, 3.8) is 0 Å². The van der Waals surface area contributed by atoms with Crippen LogP contribution in [0.3, 0.4) is 0 Å². The molecule has 0 atom stereocenters. The molecular weight excluding hydrogens is 1700 g/mol. The van der Waals surface area contributed by atoms with E-state index in [0.717, 1.165) is 132 Å². The van der Waals surface area contributed by atoms with Crippen molar-refractivity contribution < 1.29 is 4.39 Å². The number of hydrogen-bond acceptors (Lipinski definition) is 10. The molecule has 11 heteroatoms. The quantitative estimate of drug-likeness (QED) is 0.122. The number of aromatic nitrogens is 10. The highest BCUT2D eigenvalue weighted by molar-refractivity contribution is 6.29. The second-order valence-electron chi connectivity index (χ2n) is 35.4. The molecule has 0 radical (unpaired) electrons. The Labute approximate surface area is 797 Å². The van der Waals surface area contributed by atoms with Gasteiger partial charge in [-0.05, 0) is 271 Å². The van der Waals surface area contributed by atoms with Crippen LogP contribution in [0.1, 0.15) is 0 Å². The van der Waals surface area contributed by atoms with Gasteiger partial charge in [-0.2, -0.15) is 0 Å². The number of benzene rings is 22. The SMILES string of the molecule is Fc1ccc2ccc(-c3ncnc(-c4ccc5c6ccccc6c6ccccc6c5c4)n3)cc2c1.c1ccc(-c2nc(-c3ccc(-c4ccc(-c5ccc6c7ccccc7c7ccccc7c6c5)cc4)cc3)nc(-c3ccc4ccccc4c3)n2)cc1.c1cnc2c(c1)cc(-c1cc(-c3ccc4c5ccccc5c5ccccc5c4c3)cc(-c3cc4cccnc4c4ncccc34)c1)c1cccnc12. The van der Waals surface area contributed by atoms with E-state index in [-0.39, 0.29) is 5.82 Å². The number of pyridine rings is 4. The van der Waals surface area contributed by atoms with Gasteiger partial charge >= 0.3 is 0 Å². The monoisotopic (exact) mass is 1770 g/mol. The first-order chi connectivity index (χ1) is 68.8. The average Bonchev–Trinajstić information content (AvgIpc) is 0.679. The Bertz CT molecular complexity index is 9640. The van der Waals surface area contributed by atoms with Crippen LogP contribution in [0.4, 0.5) is 4.39 Å². The third-order valence-electron chi connectivity index (χ3n) is 27.3. The van der Waals surface area contributed by atoms with Crippen molar-refractivity contribution in [2.24, 2.45) is 0 Å². The average molecular weight is 1770 g/mol. The molecule has 28 aromatic rings. The number of fused-ring (bicyclic) bond motifs is 26. The minimum atomic E-state index is -0.262. The maximum absolute atomic E-state index is 13.8. The lowest BCUT2D eigenvalue weighted by molar-refractivity contribution is 0.630. The molecule has 6 aromatic heterocycles. The lowest BCUT2D eigenvalue weighted by Gasteiger charge is -2.16. The zero-order valence-corrected chi connectivity index (χ0v) is 74.8. The summed E-state index contributed by atoms with van der Waals surface area (Å²) in [5.74, 6) is 2.86. The summed E-state index contributed by atoms with van der Waals surface area (Å²) < 4.78 is 13.8. The molecule has 0 aliphatic carbocycles. The highest BCUT2D eigenvalue weighted by Gasteiger charge is 2.22. The molecule has 0 bridgehead atoms. The molecule has 0 aliphatic rings. The number of nitrogens with zero attached hydrogens (tertiary/aromatic N) is 10. The summed E-state index contributed by atoms with van der Waals surface area (Å²) in [6.07, 6.45) is 8.93. The largest absolute Gasteiger partial charge is 0.254 e. The van der Waals surface area contributed by atoms with Gasteiger partial charge in [0.1, 0.15) is 12.1 Å². The molecule has 0 aliphatic heterocycles. The summed E-state index contributed by atoms with van der Waals surface area (Å²) in [6, 6.07) is 153. The Hall–Kier alpha value is -18.7. The number of halogens is 1. The standard InChI is InChI=1S/C49H31N3.C48H28N4.C31H18FN3/c1-2-11-36(12-3-1)47-50-48(52-49(51-47)40-27-24-32-10-4-5-13-38(32)30-40)37-25-22-34(23-26-37)33-18-20-35(21-19-33)39-28-29-45-43-16-7-6-14-41(43)42-15-8-9-17-44(42)46(45)31-39;1-2-13-37-35(11-1)36-12-3-4-14-38(36)44-26-29(17-18-39(37)44)32-23-33(42-27-30-9-5-19-49-45(30)47-40(42)15-7-21-51-47)25-34(24-32)43-28-31-10-6-20-50-46(31)48-41(43)16-8-22-52-48;32-23-13-11-19-9-10-20(15-22(19)16-23)30-33-18-34-31(35-30)21-12-14-28-26-7-2-1-5-24(26)25-6-3-4-8-27(25)29(28)17-21/h1-31H;1-28H;1-18H. The molecule has 22 aromatic carbocycles. The van der Waals surface area contributed by atoms with Crippen molar-refractivity contribution in [2.45, 2.75) is 0 Å². The summed E-state index contributed by atoms with van der Waals surface area (Å²) in [7, 11) is 0. The fourth-order valence-corrected chi connectivity index (χ4v) is 20.6. The predicted molar refractivity (Wildman–Crippen MR) is 574 cm³/mol. The second kappa shape index (κ2) is 34.1. The van der Waals surface area contributed by atoms with Crippen LogP contribution in [0.2, 0.25) is 0 Å². The fourth-order valence-electron chi connectivity index (χ4n) is 20.6. The zero-order valence-electron chi connectivity index (χ0n) is 74.8. The molecule has 646 valence electrons. The molecule has 0 N–H and O–H groups in total. The molecule has 6 heterocycles. The van der Waals surface area contributed by atoms with Crippen LogP contribution in [-0.4, -0.2) is 49.8 Å². The van der Waals surface area contributed by atoms with Gasteiger partial charge in [-0.3, -0.25) is 19.9 Å². The van der Waals surface area contributed by atoms with Crippen LogP contribution < -0.4 is 0 Å². The highest BCUT2D eigenvalue weighted by Crippen LogP contribution is 2.46. The van der Waals surface area contributed by atoms with Gasteiger partial charge in [-0.15, -0.1) is 0 Å². The van der Waals surface area contributed by atoms with Gasteiger partial charge in [0.05, 0.1) is 22.1 Å². The van der Waals surface area contributed by atoms with Gasteiger partial charge in [-0.1, -0.05) is 340 Å². The molecule has 0 saturated carbocycles. The maximum Gasteiger partial charge on any atom is 0.164 e. The van der Waals surface area contributed by atoms with Gasteiger partial charge in [0.2, 0.25) is 0 Å². The van der Waals surface area contributed by atoms with Gasteiger partial charge in [0.15, 0.2) is 29.1 Å². The van der Waals surface area contributed by atoms with E-state index in [2.05, 4.69) is 356 Å². The summed E-state index contributed by atoms with van der Waals surface area (Å²) >= 11 is 0. The molecule has 0 amide bonds. The van der Waals surface area contributed by atoms with Gasteiger partial charge in [-0.25, -0.2) is 34.3 Å². The lowest BCUT2D eigenvalue weighted by atomic mass is 9.88. The van der Waals surface area contributed by atoms with Crippen LogP contribution in [0.15, 0.2) is 468 Å². The van der Waals surface area contributed by atoms with Crippen molar-refractivity contribution in [1.82, 2.24) is 49.8 Å². The summed E-state index contributed by atoms with van der Waals surface area (Å²) in [5, 5.41) is 31.0. The predicted octanol–water partition coefficient (Wildman–Crippen LogP) is 33.1. The summed E-state index contributed by atoms with van der Waals surface area (Å²) in [4.78, 5) is 47.7. The van der Waals surface area contributed by atoms with E-state index in [1.165, 1.54) is 132 Å². The molecule has 0 spiro atoms. The minimum Gasteiger partial charge on any atom is -0.254 e. The Balaban J connectivity index is 0.000000110. The van der Waals surface area contributed by atoms with Crippen molar-refractivity contribution in [1.29, 1.82) is 0 Å². The Morgan fingerprint density at radius 3 is 0.878 bits per heavy atom. The van der Waals surface area contributed by atoms with Crippen LogP contribution in [-0.2, 0) is 0 Å². The molecule has 0 fully saturated rings. The Kier molecular flexibility index (Phi) is 19.9. The van der Waals surface area contributed by atoms with Gasteiger partial charge < -0.3 is 0 Å². The van der Waals surface area contributed by atoms with E-state index < -0.39 is 0 Å². The number of rotatable bonds is 10. The topological polar surface area (TPSA) is 129 Å². The van der Waals surface area contributed by atoms with Crippen LogP contribution in [0.5, 0.6) is 0 Å². The fraction of sp³-hybridized carbons (Fsp3) is 0. The van der Waals surface area contributed by atoms with E-state index in [4.69, 9.17) is 39.9 Å². The summed E-state index contributed by atoms with van der Waals surface area (Å²) in [6.45, 7) is 0. The third-order valence-corrected chi connectivity index (χ3v) is 27.3. The Morgan fingerprint density at radius 1 is 0.137 bits per heavy atom. The van der Waals surface area contributed by atoms with E-state index in [1.807, 2.05) is 97.6 Å². The van der Waals surface area contributed by atoms with E-state index >= 15 is 0 Å². The van der Waals surface area contributed by atoms with Crippen molar-refractivity contribution in [3.8, 4) is 113 Å². The van der Waals surface area contributed by atoms with Gasteiger partial charge in [0.25, 0.3) is 0 Å².